The zero-order valence-corrected chi connectivity index (χ0v) is 16.2. The second-order valence-corrected chi connectivity index (χ2v) is 6.92. The first-order valence-corrected chi connectivity index (χ1v) is 9.05. The quantitative estimate of drug-likeness (QED) is 0.654. The van der Waals surface area contributed by atoms with Gasteiger partial charge in [-0.2, -0.15) is 5.26 Å². The Morgan fingerprint density at radius 2 is 1.89 bits per heavy atom. The van der Waals surface area contributed by atoms with Crippen LogP contribution < -0.4 is 15.2 Å². The van der Waals surface area contributed by atoms with Crippen molar-refractivity contribution in [3.05, 3.63) is 75.1 Å². The predicted molar refractivity (Wildman–Crippen MR) is 106 cm³/mol. The van der Waals surface area contributed by atoms with Crippen LogP contribution in [-0.2, 0) is 0 Å². The summed E-state index contributed by atoms with van der Waals surface area (Å²) in [4.78, 5) is 0. The molecule has 0 bridgehead atoms. The number of H-pyrrole nitrogens is 1. The molecule has 1 unspecified atom stereocenters. The van der Waals surface area contributed by atoms with Crippen LogP contribution in [0.1, 0.15) is 17.0 Å². The van der Waals surface area contributed by atoms with Crippen molar-refractivity contribution in [1.82, 2.24) is 10.2 Å². The van der Waals surface area contributed by atoms with Gasteiger partial charge in [0.05, 0.1) is 24.3 Å². The minimum Gasteiger partial charge on any atom is -0.497 e. The van der Waals surface area contributed by atoms with Gasteiger partial charge >= 0.3 is 0 Å². The lowest BCUT2D eigenvalue weighted by Gasteiger charge is -2.25. The van der Waals surface area contributed by atoms with Gasteiger partial charge < -0.3 is 15.2 Å². The average molecular weight is 413 g/mol. The average Bonchev–Trinajstić information content (AvgIpc) is 3.11. The number of nitrogens with two attached hydrogens (primary N) is 1. The zero-order valence-electron chi connectivity index (χ0n) is 14.7. The standard InChI is InChI=1S/C20H14Cl2N4O2/c1-27-11-5-2-4-10(8-11)18-17-15(16-13(21)6-3-7-14(16)22)12(9-23)19(24)28-20(17)26-25-18/h2-8,15H,24H2,1H3,(H,25,26). The fourth-order valence-electron chi connectivity index (χ4n) is 3.32. The number of nitrogens with zero attached hydrogens (tertiary/aromatic N) is 2. The molecule has 1 aliphatic rings. The maximum Gasteiger partial charge on any atom is 0.244 e. The van der Waals surface area contributed by atoms with Crippen molar-refractivity contribution in [3.8, 4) is 29.0 Å². The Balaban J connectivity index is 2.00. The van der Waals surface area contributed by atoms with Crippen molar-refractivity contribution in [2.45, 2.75) is 5.92 Å². The van der Waals surface area contributed by atoms with Crippen molar-refractivity contribution in [1.29, 1.82) is 5.26 Å². The normalized spacial score (nSPS) is 15.6. The van der Waals surface area contributed by atoms with Crippen LogP contribution in [0.2, 0.25) is 10.0 Å². The molecule has 0 aliphatic carbocycles. The Bertz CT molecular complexity index is 1130. The molecule has 1 aliphatic heterocycles. The minimum absolute atomic E-state index is 0.0281. The number of benzene rings is 2. The first-order valence-electron chi connectivity index (χ1n) is 8.29. The molecule has 1 atom stereocenters. The van der Waals surface area contributed by atoms with E-state index in [0.29, 0.717) is 32.6 Å². The molecule has 3 aromatic rings. The summed E-state index contributed by atoms with van der Waals surface area (Å²) in [6.07, 6.45) is 0. The molecule has 8 heteroatoms. The van der Waals surface area contributed by atoms with E-state index in [1.165, 1.54) is 0 Å². The highest BCUT2D eigenvalue weighted by Crippen LogP contribution is 2.49. The number of hydrogen-bond acceptors (Lipinski definition) is 5. The van der Waals surface area contributed by atoms with Gasteiger partial charge in [0.1, 0.15) is 17.4 Å². The van der Waals surface area contributed by atoms with Gasteiger partial charge in [-0.3, -0.25) is 5.10 Å². The number of allylic oxidation sites excluding steroid dienone is 1. The summed E-state index contributed by atoms with van der Waals surface area (Å²) in [6, 6.07) is 14.8. The van der Waals surface area contributed by atoms with E-state index in [9.17, 15) is 5.26 Å². The maximum atomic E-state index is 9.78. The van der Waals surface area contributed by atoms with Crippen molar-refractivity contribution < 1.29 is 9.47 Å². The summed E-state index contributed by atoms with van der Waals surface area (Å²) in [5.41, 5.74) is 8.89. The Labute approximate surface area is 171 Å². The largest absolute Gasteiger partial charge is 0.497 e. The van der Waals surface area contributed by atoms with Crippen molar-refractivity contribution in [2.24, 2.45) is 5.73 Å². The monoisotopic (exact) mass is 412 g/mol. The van der Waals surface area contributed by atoms with Gasteiger partial charge in [-0.25, -0.2) is 0 Å². The summed E-state index contributed by atoms with van der Waals surface area (Å²) in [5, 5.41) is 17.8. The van der Waals surface area contributed by atoms with Crippen LogP contribution in [0.3, 0.4) is 0 Å². The van der Waals surface area contributed by atoms with E-state index in [0.717, 1.165) is 5.56 Å². The van der Waals surface area contributed by atoms with E-state index in [-0.39, 0.29) is 17.3 Å². The van der Waals surface area contributed by atoms with E-state index >= 15 is 0 Å². The number of aromatic amines is 1. The summed E-state index contributed by atoms with van der Waals surface area (Å²) in [5.74, 6) is 0.297. The molecule has 0 saturated carbocycles. The van der Waals surface area contributed by atoms with Gasteiger partial charge in [0, 0.05) is 21.2 Å². The molecule has 28 heavy (non-hydrogen) atoms. The van der Waals surface area contributed by atoms with E-state index in [4.69, 9.17) is 38.4 Å². The number of hydrogen-bond donors (Lipinski definition) is 2. The third-order valence-electron chi connectivity index (χ3n) is 4.59. The summed E-state index contributed by atoms with van der Waals surface area (Å²) >= 11 is 12.9. The molecule has 140 valence electrons. The molecule has 0 fully saturated rings. The second-order valence-electron chi connectivity index (χ2n) is 6.11. The molecular weight excluding hydrogens is 399 g/mol. The molecule has 4 rings (SSSR count). The van der Waals surface area contributed by atoms with Crippen LogP contribution in [0.5, 0.6) is 11.6 Å². The maximum absolute atomic E-state index is 9.78. The highest BCUT2D eigenvalue weighted by Gasteiger charge is 2.37. The fraction of sp³-hybridized carbons (Fsp3) is 0.100. The molecule has 2 heterocycles. The van der Waals surface area contributed by atoms with Gasteiger partial charge in [-0.1, -0.05) is 41.4 Å². The van der Waals surface area contributed by atoms with Gasteiger partial charge in [-0.15, -0.1) is 5.10 Å². The van der Waals surface area contributed by atoms with E-state index in [2.05, 4.69) is 16.3 Å². The fourth-order valence-corrected chi connectivity index (χ4v) is 3.93. The summed E-state index contributed by atoms with van der Waals surface area (Å²) < 4.78 is 10.9. The Morgan fingerprint density at radius 1 is 1.18 bits per heavy atom. The Kier molecular flexibility index (Phi) is 4.63. The molecule has 6 nitrogen and oxygen atoms in total. The zero-order chi connectivity index (χ0) is 19.8. The number of nitriles is 1. The first kappa shape index (κ1) is 18.2. The van der Waals surface area contributed by atoms with Crippen molar-refractivity contribution in [2.75, 3.05) is 7.11 Å². The molecule has 1 aromatic heterocycles. The summed E-state index contributed by atoms with van der Waals surface area (Å²) in [7, 11) is 1.59. The lowest BCUT2D eigenvalue weighted by Crippen LogP contribution is -2.21. The van der Waals surface area contributed by atoms with Crippen molar-refractivity contribution >= 4 is 23.2 Å². The lowest BCUT2D eigenvalue weighted by molar-refractivity contribution is 0.379. The van der Waals surface area contributed by atoms with Gasteiger partial charge in [0.2, 0.25) is 11.8 Å². The topological polar surface area (TPSA) is 97.0 Å². The second kappa shape index (κ2) is 7.12. The molecule has 0 radical (unpaired) electrons. The van der Waals surface area contributed by atoms with Crippen LogP contribution in [0.25, 0.3) is 11.3 Å². The predicted octanol–water partition coefficient (Wildman–Crippen LogP) is 4.61. The Morgan fingerprint density at radius 3 is 2.57 bits per heavy atom. The van der Waals surface area contributed by atoms with Gasteiger partial charge in [0.25, 0.3) is 0 Å². The number of nitrogens with one attached hydrogen (secondary N) is 1. The molecular formula is C20H14Cl2N4O2. The Hall–Kier alpha value is -3.14. The highest BCUT2D eigenvalue weighted by atomic mass is 35.5. The van der Waals surface area contributed by atoms with E-state index in [1.54, 1.807) is 25.3 Å². The van der Waals surface area contributed by atoms with E-state index in [1.807, 2.05) is 24.3 Å². The van der Waals surface area contributed by atoms with Crippen LogP contribution in [0.15, 0.2) is 53.9 Å². The number of fused-ring (bicyclic) bond motifs is 1. The molecule has 0 amide bonds. The number of aromatic nitrogens is 2. The highest BCUT2D eigenvalue weighted by molar-refractivity contribution is 6.36. The van der Waals surface area contributed by atoms with Crippen LogP contribution >= 0.6 is 23.2 Å². The van der Waals surface area contributed by atoms with Gasteiger partial charge in [-0.05, 0) is 24.3 Å². The smallest absolute Gasteiger partial charge is 0.244 e. The third-order valence-corrected chi connectivity index (χ3v) is 5.24. The minimum atomic E-state index is -0.630. The number of halogens is 2. The summed E-state index contributed by atoms with van der Waals surface area (Å²) in [6.45, 7) is 0. The third kappa shape index (κ3) is 2.85. The molecule has 2 aromatic carbocycles. The van der Waals surface area contributed by atoms with Crippen LogP contribution in [0.4, 0.5) is 0 Å². The number of methoxy groups -OCH3 is 1. The van der Waals surface area contributed by atoms with Crippen LogP contribution in [0, 0.1) is 11.3 Å². The van der Waals surface area contributed by atoms with Crippen LogP contribution in [-0.4, -0.2) is 17.3 Å². The lowest BCUT2D eigenvalue weighted by atomic mass is 9.83. The SMILES string of the molecule is COc1cccc(-c2[nH]nc3c2C(c2c(Cl)cccc2Cl)C(C#N)=C(N)O3)c1. The van der Waals surface area contributed by atoms with Gasteiger partial charge in [0.15, 0.2) is 0 Å². The van der Waals surface area contributed by atoms with E-state index < -0.39 is 5.92 Å². The molecule has 0 saturated heterocycles. The van der Waals surface area contributed by atoms with Crippen molar-refractivity contribution in [3.63, 3.8) is 0 Å². The molecule has 3 N–H and O–H groups in total. The number of ether oxygens (including phenoxy) is 2. The molecule has 0 spiro atoms. The number of rotatable bonds is 3. The first-order chi connectivity index (χ1) is 13.5.